The third-order valence-corrected chi connectivity index (χ3v) is 3.71. The summed E-state index contributed by atoms with van der Waals surface area (Å²) in [4.78, 5) is 25.2. The van der Waals surface area contributed by atoms with Gasteiger partial charge in [0.2, 0.25) is 0 Å². The van der Waals surface area contributed by atoms with Gasteiger partial charge in [-0.15, -0.1) is 0 Å². The first-order chi connectivity index (χ1) is 10.0. The molecule has 0 spiro atoms. The van der Waals surface area contributed by atoms with Gasteiger partial charge in [-0.3, -0.25) is 14.3 Å². The number of H-pyrrole nitrogens is 1. The Labute approximate surface area is 122 Å². The molecule has 7 heteroatoms. The Morgan fingerprint density at radius 1 is 1.57 bits per heavy atom. The van der Waals surface area contributed by atoms with Crippen LogP contribution in [0.3, 0.4) is 0 Å². The van der Waals surface area contributed by atoms with Crippen LogP contribution in [0.5, 0.6) is 0 Å². The topological polar surface area (TPSA) is 82.6 Å². The Balaban J connectivity index is 2.17. The molecule has 0 amide bonds. The number of nitrogens with zero attached hydrogens (tertiary/aromatic N) is 1. The van der Waals surface area contributed by atoms with Gasteiger partial charge in [0.25, 0.3) is 5.56 Å². The smallest absolute Gasteiger partial charge is 0.330 e. The average molecular weight is 298 g/mol. The number of hydrogen-bond acceptors (Lipinski definition) is 5. The molecule has 1 unspecified atom stereocenters. The Bertz CT molecular complexity index is 581. The van der Waals surface area contributed by atoms with Crippen molar-refractivity contribution in [2.24, 2.45) is 0 Å². The minimum absolute atomic E-state index is 0.400. The van der Waals surface area contributed by atoms with Crippen molar-refractivity contribution in [1.29, 1.82) is 0 Å². The van der Waals surface area contributed by atoms with E-state index in [2.05, 4.69) is 11.9 Å². The molecule has 118 valence electrons. The van der Waals surface area contributed by atoms with Gasteiger partial charge in [0.05, 0.1) is 6.61 Å². The van der Waals surface area contributed by atoms with Crippen molar-refractivity contribution in [2.75, 3.05) is 20.3 Å². The van der Waals surface area contributed by atoms with Crippen LogP contribution < -0.4 is 11.2 Å². The number of hydrogen-bond donors (Lipinski definition) is 1. The molecule has 1 aromatic heterocycles. The third-order valence-electron chi connectivity index (χ3n) is 3.71. The molecular weight excluding hydrogens is 276 g/mol. The van der Waals surface area contributed by atoms with Crippen LogP contribution in [0.2, 0.25) is 0 Å². The van der Waals surface area contributed by atoms with Gasteiger partial charge in [0.15, 0.2) is 6.23 Å². The third kappa shape index (κ3) is 3.25. The Morgan fingerprint density at radius 3 is 2.86 bits per heavy atom. The standard InChI is InChI=1S/C14H22N2O5/c1-4-5-8-21-14(2)9-20-11(14)12(19-3)16-7-6-10(17)15-13(16)18/h6-7,11-12H,4-5,8-9H2,1-3H3,(H,15,17,18)/t11-,12-,14?/m1/s1. The summed E-state index contributed by atoms with van der Waals surface area (Å²) >= 11 is 0. The van der Waals surface area contributed by atoms with Crippen LogP contribution in [0.25, 0.3) is 0 Å². The average Bonchev–Trinajstić information content (AvgIpc) is 2.44. The van der Waals surface area contributed by atoms with Crippen LogP contribution in [-0.4, -0.2) is 41.6 Å². The highest BCUT2D eigenvalue weighted by atomic mass is 16.6. The van der Waals surface area contributed by atoms with Crippen molar-refractivity contribution in [3.05, 3.63) is 33.1 Å². The molecule has 0 aliphatic carbocycles. The lowest BCUT2D eigenvalue weighted by Gasteiger charge is -2.49. The maximum atomic E-state index is 11.9. The van der Waals surface area contributed by atoms with Crippen LogP contribution in [0.1, 0.15) is 32.9 Å². The molecular formula is C14H22N2O5. The molecule has 1 aromatic rings. The summed E-state index contributed by atoms with van der Waals surface area (Å²) in [5.41, 5.74) is -1.46. The monoisotopic (exact) mass is 298 g/mol. The number of methoxy groups -OCH3 is 1. The molecule has 1 saturated heterocycles. The molecule has 7 nitrogen and oxygen atoms in total. The quantitative estimate of drug-likeness (QED) is 0.748. The van der Waals surface area contributed by atoms with Gasteiger partial charge in [-0.25, -0.2) is 4.79 Å². The molecule has 0 aromatic carbocycles. The highest BCUT2D eigenvalue weighted by Crippen LogP contribution is 2.36. The molecule has 1 aliphatic heterocycles. The van der Waals surface area contributed by atoms with Crippen LogP contribution in [0, 0.1) is 0 Å². The van der Waals surface area contributed by atoms with Gasteiger partial charge in [0.1, 0.15) is 11.7 Å². The first-order valence-electron chi connectivity index (χ1n) is 7.11. The van der Waals surface area contributed by atoms with E-state index in [1.807, 2.05) is 6.92 Å². The van der Waals surface area contributed by atoms with Crippen molar-refractivity contribution in [3.8, 4) is 0 Å². The lowest BCUT2D eigenvalue weighted by molar-refractivity contribution is -0.295. The number of aromatic nitrogens is 2. The Kier molecular flexibility index (Phi) is 4.97. The van der Waals surface area contributed by atoms with E-state index in [0.717, 1.165) is 12.8 Å². The summed E-state index contributed by atoms with van der Waals surface area (Å²) in [5, 5.41) is 0. The molecule has 1 aliphatic rings. The number of nitrogens with one attached hydrogen (secondary N) is 1. The van der Waals surface area contributed by atoms with Gasteiger partial charge in [-0.1, -0.05) is 13.3 Å². The Morgan fingerprint density at radius 2 is 2.33 bits per heavy atom. The zero-order chi connectivity index (χ0) is 15.5. The van der Waals surface area contributed by atoms with Gasteiger partial charge >= 0.3 is 5.69 Å². The molecule has 21 heavy (non-hydrogen) atoms. The fourth-order valence-corrected chi connectivity index (χ4v) is 2.38. The van der Waals surface area contributed by atoms with Crippen LogP contribution in [-0.2, 0) is 14.2 Å². The van der Waals surface area contributed by atoms with Crippen molar-refractivity contribution in [1.82, 2.24) is 9.55 Å². The highest BCUT2D eigenvalue weighted by molar-refractivity contribution is 4.98. The van der Waals surface area contributed by atoms with Crippen molar-refractivity contribution >= 4 is 0 Å². The summed E-state index contributed by atoms with van der Waals surface area (Å²) in [6.07, 6.45) is 2.38. The van der Waals surface area contributed by atoms with Crippen LogP contribution in [0.4, 0.5) is 0 Å². The van der Waals surface area contributed by atoms with Crippen molar-refractivity contribution in [3.63, 3.8) is 0 Å². The van der Waals surface area contributed by atoms with Gasteiger partial charge in [-0.2, -0.15) is 0 Å². The maximum Gasteiger partial charge on any atom is 0.330 e. The summed E-state index contributed by atoms with van der Waals surface area (Å²) in [6.45, 7) is 5.14. The van der Waals surface area contributed by atoms with Crippen LogP contribution >= 0.6 is 0 Å². The van der Waals surface area contributed by atoms with E-state index in [-0.39, 0.29) is 0 Å². The zero-order valence-electron chi connectivity index (χ0n) is 12.6. The molecule has 2 rings (SSSR count). The second kappa shape index (κ2) is 6.55. The van der Waals surface area contributed by atoms with E-state index >= 15 is 0 Å². The first kappa shape index (κ1) is 15.9. The fourth-order valence-electron chi connectivity index (χ4n) is 2.38. The summed E-state index contributed by atoms with van der Waals surface area (Å²) in [7, 11) is 1.50. The lowest BCUT2D eigenvalue weighted by Crippen LogP contribution is -2.62. The van der Waals surface area contributed by atoms with E-state index in [1.54, 1.807) is 0 Å². The zero-order valence-corrected chi connectivity index (χ0v) is 12.6. The largest absolute Gasteiger partial charge is 0.370 e. The number of unbranched alkanes of at least 4 members (excludes halogenated alkanes) is 1. The van der Waals surface area contributed by atoms with E-state index in [4.69, 9.17) is 14.2 Å². The van der Waals surface area contributed by atoms with E-state index < -0.39 is 29.2 Å². The fraction of sp³-hybridized carbons (Fsp3) is 0.714. The molecule has 3 atom stereocenters. The second-order valence-electron chi connectivity index (χ2n) is 5.39. The first-order valence-corrected chi connectivity index (χ1v) is 7.11. The van der Waals surface area contributed by atoms with Crippen LogP contribution in [0.15, 0.2) is 21.9 Å². The minimum Gasteiger partial charge on any atom is -0.370 e. The Hall–Kier alpha value is -1.44. The molecule has 0 saturated carbocycles. The lowest BCUT2D eigenvalue weighted by atomic mass is 9.92. The minimum atomic E-state index is -0.644. The van der Waals surface area contributed by atoms with Crippen molar-refractivity contribution < 1.29 is 14.2 Å². The summed E-state index contributed by atoms with van der Waals surface area (Å²) in [6, 6.07) is 1.28. The maximum absolute atomic E-state index is 11.9. The van der Waals surface area contributed by atoms with E-state index in [1.165, 1.54) is 23.9 Å². The van der Waals surface area contributed by atoms with Gasteiger partial charge < -0.3 is 14.2 Å². The summed E-state index contributed by atoms with van der Waals surface area (Å²) < 4.78 is 18.2. The van der Waals surface area contributed by atoms with Gasteiger partial charge in [-0.05, 0) is 13.3 Å². The van der Waals surface area contributed by atoms with E-state index in [9.17, 15) is 9.59 Å². The molecule has 0 radical (unpaired) electrons. The molecule has 1 fully saturated rings. The molecule has 1 N–H and O–H groups in total. The molecule has 2 heterocycles. The second-order valence-corrected chi connectivity index (χ2v) is 5.39. The number of ether oxygens (including phenoxy) is 3. The number of aromatic amines is 1. The summed E-state index contributed by atoms with van der Waals surface area (Å²) in [5.74, 6) is 0. The number of rotatable bonds is 7. The van der Waals surface area contributed by atoms with E-state index in [0.29, 0.717) is 13.2 Å². The van der Waals surface area contributed by atoms with Crippen molar-refractivity contribution in [2.45, 2.75) is 44.6 Å². The predicted molar refractivity (Wildman–Crippen MR) is 76.4 cm³/mol. The highest BCUT2D eigenvalue weighted by Gasteiger charge is 2.51. The molecule has 0 bridgehead atoms. The normalized spacial score (nSPS) is 26.3. The SMILES string of the molecule is CCCCOC1(C)CO[C@@H]1[C@@H](OC)n1ccc(=O)[nH]c1=O. The van der Waals surface area contributed by atoms with Gasteiger partial charge in [0, 0.05) is 26.0 Å². The predicted octanol–water partition coefficient (Wildman–Crippen LogP) is 0.656.